The fourth-order valence-corrected chi connectivity index (χ4v) is 5.96. The maximum Gasteiger partial charge on any atom is 0.263 e. The van der Waals surface area contributed by atoms with E-state index in [1.165, 1.54) is 83.5 Å². The number of amides is 1. The van der Waals surface area contributed by atoms with E-state index in [0.29, 0.717) is 12.0 Å². The first-order valence-electron chi connectivity index (χ1n) is 12.3. The van der Waals surface area contributed by atoms with E-state index in [-0.39, 0.29) is 17.5 Å². The first-order valence-corrected chi connectivity index (χ1v) is 12.3. The van der Waals surface area contributed by atoms with Crippen LogP contribution in [0.4, 0.5) is 0 Å². The van der Waals surface area contributed by atoms with Crippen molar-refractivity contribution in [1.82, 2.24) is 10.6 Å². The third kappa shape index (κ3) is 6.76. The number of rotatable bonds is 5. The fraction of sp³-hybridized carbons (Fsp3) is 0.840. The number of fused-ring (bicyclic) bond motifs is 2. The molecule has 0 saturated heterocycles. The third-order valence-corrected chi connectivity index (χ3v) is 7.73. The lowest BCUT2D eigenvalue weighted by Crippen LogP contribution is -2.37. The SMILES string of the molecule is CC(N/C=C(/C#N)C(=O)NC1CCCCCCCCCCC1)C1CC2CCC1C2. The molecule has 0 aliphatic heterocycles. The van der Waals surface area contributed by atoms with E-state index in [1.807, 2.05) is 0 Å². The Bertz CT molecular complexity index is 581. The van der Waals surface area contributed by atoms with E-state index in [9.17, 15) is 10.1 Å². The van der Waals surface area contributed by atoms with Gasteiger partial charge in [0.05, 0.1) is 0 Å². The number of nitrogens with zero attached hydrogens (tertiary/aromatic N) is 1. The summed E-state index contributed by atoms with van der Waals surface area (Å²) < 4.78 is 0. The average molecular weight is 400 g/mol. The van der Waals surface area contributed by atoms with Gasteiger partial charge in [-0.25, -0.2) is 0 Å². The van der Waals surface area contributed by atoms with Crippen LogP contribution in [-0.2, 0) is 4.79 Å². The molecule has 3 aliphatic rings. The number of hydrogen-bond acceptors (Lipinski definition) is 3. The number of carbonyl (C=O) groups excluding carboxylic acids is 1. The van der Waals surface area contributed by atoms with E-state index in [2.05, 4.69) is 23.6 Å². The van der Waals surface area contributed by atoms with Crippen LogP contribution in [-0.4, -0.2) is 18.0 Å². The van der Waals surface area contributed by atoms with Crippen molar-refractivity contribution >= 4 is 5.91 Å². The Balaban J connectivity index is 1.49. The summed E-state index contributed by atoms with van der Waals surface area (Å²) in [5.74, 6) is 2.25. The van der Waals surface area contributed by atoms with E-state index in [1.54, 1.807) is 6.20 Å². The highest BCUT2D eigenvalue weighted by Gasteiger charge is 2.41. The molecule has 0 aromatic rings. The number of carbonyl (C=O) groups is 1. The first-order chi connectivity index (χ1) is 14.2. The van der Waals surface area contributed by atoms with Gasteiger partial charge in [-0.1, -0.05) is 64.2 Å². The number of nitriles is 1. The lowest BCUT2D eigenvalue weighted by molar-refractivity contribution is -0.117. The van der Waals surface area contributed by atoms with Gasteiger partial charge in [-0.3, -0.25) is 4.79 Å². The molecular weight excluding hydrogens is 358 g/mol. The smallest absolute Gasteiger partial charge is 0.263 e. The lowest BCUT2D eigenvalue weighted by Gasteiger charge is -2.28. The minimum Gasteiger partial charge on any atom is -0.387 e. The summed E-state index contributed by atoms with van der Waals surface area (Å²) in [4.78, 5) is 12.7. The van der Waals surface area contributed by atoms with Crippen molar-refractivity contribution in [3.63, 3.8) is 0 Å². The van der Waals surface area contributed by atoms with E-state index in [4.69, 9.17) is 0 Å². The van der Waals surface area contributed by atoms with Gasteiger partial charge in [-0.15, -0.1) is 0 Å². The van der Waals surface area contributed by atoms with Crippen LogP contribution < -0.4 is 10.6 Å². The second-order valence-electron chi connectivity index (χ2n) is 9.89. The zero-order valence-corrected chi connectivity index (χ0v) is 18.4. The van der Waals surface area contributed by atoms with Crippen molar-refractivity contribution in [1.29, 1.82) is 5.26 Å². The van der Waals surface area contributed by atoms with Gasteiger partial charge in [0.2, 0.25) is 0 Å². The number of nitrogens with one attached hydrogen (secondary N) is 2. The van der Waals surface area contributed by atoms with Crippen LogP contribution in [0.25, 0.3) is 0 Å². The van der Waals surface area contributed by atoms with Crippen LogP contribution in [0.1, 0.15) is 103 Å². The highest BCUT2D eigenvalue weighted by Crippen LogP contribution is 2.49. The topological polar surface area (TPSA) is 64.9 Å². The Kier molecular flexibility index (Phi) is 8.90. The maximum absolute atomic E-state index is 12.7. The quantitative estimate of drug-likeness (QED) is 0.467. The van der Waals surface area contributed by atoms with Crippen LogP contribution in [0, 0.1) is 29.1 Å². The molecule has 2 bridgehead atoms. The van der Waals surface area contributed by atoms with E-state index >= 15 is 0 Å². The lowest BCUT2D eigenvalue weighted by atomic mass is 9.84. The predicted octanol–water partition coefficient (Wildman–Crippen LogP) is 5.60. The minimum absolute atomic E-state index is 0.197. The molecule has 0 radical (unpaired) electrons. The Morgan fingerprint density at radius 2 is 1.55 bits per heavy atom. The molecule has 4 nitrogen and oxygen atoms in total. The molecule has 3 fully saturated rings. The van der Waals surface area contributed by atoms with Gasteiger partial charge in [0, 0.05) is 18.3 Å². The third-order valence-electron chi connectivity index (χ3n) is 7.73. The second kappa shape index (κ2) is 11.6. The van der Waals surface area contributed by atoms with Gasteiger partial charge >= 0.3 is 0 Å². The minimum atomic E-state index is -0.197. The van der Waals surface area contributed by atoms with E-state index < -0.39 is 0 Å². The Labute approximate surface area is 177 Å². The molecular formula is C25H41N3O. The first kappa shape index (κ1) is 22.2. The van der Waals surface area contributed by atoms with Crippen molar-refractivity contribution in [2.45, 2.75) is 115 Å². The Morgan fingerprint density at radius 3 is 2.07 bits per heavy atom. The van der Waals surface area contributed by atoms with Crippen molar-refractivity contribution in [2.75, 3.05) is 0 Å². The van der Waals surface area contributed by atoms with E-state index in [0.717, 1.165) is 24.7 Å². The summed E-state index contributed by atoms with van der Waals surface area (Å²) in [5.41, 5.74) is 0.228. The van der Waals surface area contributed by atoms with Crippen LogP contribution in [0.3, 0.4) is 0 Å². The normalized spacial score (nSPS) is 30.6. The van der Waals surface area contributed by atoms with Crippen LogP contribution in [0.15, 0.2) is 11.8 Å². The summed E-state index contributed by atoms with van der Waals surface area (Å²) >= 11 is 0. The molecule has 0 spiro atoms. The maximum atomic E-state index is 12.7. The molecule has 3 aliphatic carbocycles. The summed E-state index contributed by atoms with van der Waals surface area (Å²) in [6.45, 7) is 2.21. The molecule has 1 amide bonds. The second-order valence-corrected chi connectivity index (χ2v) is 9.89. The molecule has 4 unspecified atom stereocenters. The van der Waals surface area contributed by atoms with Gasteiger partial charge < -0.3 is 10.6 Å². The molecule has 0 aromatic heterocycles. The zero-order chi connectivity index (χ0) is 20.5. The molecule has 0 aromatic carbocycles. The van der Waals surface area contributed by atoms with Gasteiger partial charge in [0.25, 0.3) is 5.91 Å². The molecule has 0 heterocycles. The monoisotopic (exact) mass is 399 g/mol. The molecule has 162 valence electrons. The Morgan fingerprint density at radius 1 is 0.931 bits per heavy atom. The van der Waals surface area contributed by atoms with Crippen LogP contribution in [0.2, 0.25) is 0 Å². The summed E-state index contributed by atoms with van der Waals surface area (Å²) in [7, 11) is 0. The van der Waals surface area contributed by atoms with Crippen molar-refractivity contribution in [3.8, 4) is 6.07 Å². The highest BCUT2D eigenvalue weighted by molar-refractivity contribution is 5.97. The fourth-order valence-electron chi connectivity index (χ4n) is 5.96. The number of hydrogen-bond donors (Lipinski definition) is 2. The molecule has 4 atom stereocenters. The van der Waals surface area contributed by atoms with Crippen LogP contribution in [0.5, 0.6) is 0 Å². The Hall–Kier alpha value is -1.50. The van der Waals surface area contributed by atoms with Crippen molar-refractivity contribution < 1.29 is 4.79 Å². The van der Waals surface area contributed by atoms with Crippen molar-refractivity contribution in [2.24, 2.45) is 17.8 Å². The average Bonchev–Trinajstić information content (AvgIpc) is 3.34. The van der Waals surface area contributed by atoms with Gasteiger partial charge in [-0.05, 0) is 56.8 Å². The zero-order valence-electron chi connectivity index (χ0n) is 18.4. The molecule has 3 rings (SSSR count). The summed E-state index contributed by atoms with van der Waals surface area (Å²) in [6.07, 6.45) is 20.8. The summed E-state index contributed by atoms with van der Waals surface area (Å²) in [5, 5.41) is 16.1. The van der Waals surface area contributed by atoms with Gasteiger partial charge in [0.15, 0.2) is 0 Å². The van der Waals surface area contributed by atoms with Crippen LogP contribution >= 0.6 is 0 Å². The standard InChI is InChI=1S/C25H41N3O/c1-19(24-16-20-13-14-21(24)15-20)27-18-22(17-26)25(29)28-23-11-9-7-5-3-2-4-6-8-10-12-23/h18-21,23-24,27H,2-16H2,1H3,(H,28,29)/b22-18-. The predicted molar refractivity (Wildman–Crippen MR) is 118 cm³/mol. The van der Waals surface area contributed by atoms with Gasteiger partial charge in [-0.2, -0.15) is 5.26 Å². The highest BCUT2D eigenvalue weighted by atomic mass is 16.1. The molecule has 4 heteroatoms. The van der Waals surface area contributed by atoms with Crippen molar-refractivity contribution in [3.05, 3.63) is 11.8 Å². The summed E-state index contributed by atoms with van der Waals surface area (Å²) in [6, 6.07) is 2.67. The van der Waals surface area contributed by atoms with Gasteiger partial charge in [0.1, 0.15) is 11.6 Å². The molecule has 2 N–H and O–H groups in total. The molecule has 29 heavy (non-hydrogen) atoms. The molecule has 3 saturated carbocycles. The largest absolute Gasteiger partial charge is 0.387 e.